The summed E-state index contributed by atoms with van der Waals surface area (Å²) in [6.07, 6.45) is 8.60. The molecule has 32 heavy (non-hydrogen) atoms. The Morgan fingerprint density at radius 2 is 1.88 bits per heavy atom. The van der Waals surface area contributed by atoms with E-state index in [1.807, 2.05) is 48.6 Å². The molecule has 0 radical (unpaired) electrons. The molecule has 1 aromatic heterocycles. The van der Waals surface area contributed by atoms with Gasteiger partial charge in [0.05, 0.1) is 17.5 Å². The lowest BCUT2D eigenvalue weighted by Crippen LogP contribution is -2.50. The van der Waals surface area contributed by atoms with Crippen molar-refractivity contribution >= 4 is 40.5 Å². The standard InChI is InChI=1S/C25H26Cl2N4O/c26-18-4-1-5-20(16-18)30-14-12-29(13-15-30)10-3-11-31-23-8-7-19(27)17-22(23)24(32)21-6-2-9-28-25(21)31/h1-2,4-9,16-17,22-23H,3,10-15H2. The highest BCUT2D eigenvalue weighted by molar-refractivity contribution is 6.31. The summed E-state index contributed by atoms with van der Waals surface area (Å²) in [7, 11) is 0. The van der Waals surface area contributed by atoms with E-state index in [1.165, 1.54) is 5.69 Å². The third-order valence-corrected chi connectivity index (χ3v) is 7.05. The van der Waals surface area contributed by atoms with E-state index in [0.29, 0.717) is 10.6 Å². The van der Waals surface area contributed by atoms with Crippen LogP contribution >= 0.6 is 23.2 Å². The SMILES string of the molecule is O=C1c2cccnc2N(CCCN2CCN(c3cccc(Cl)c3)CC2)C2C=CC(Cl)=CC12. The maximum Gasteiger partial charge on any atom is 0.175 e. The normalized spacial score (nSPS) is 23.1. The molecule has 0 saturated carbocycles. The molecule has 0 spiro atoms. The Morgan fingerprint density at radius 3 is 2.69 bits per heavy atom. The molecule has 1 fully saturated rings. The zero-order valence-corrected chi connectivity index (χ0v) is 19.3. The van der Waals surface area contributed by atoms with E-state index in [0.717, 1.165) is 56.5 Å². The van der Waals surface area contributed by atoms with Gasteiger partial charge in [-0.25, -0.2) is 4.98 Å². The van der Waals surface area contributed by atoms with E-state index in [9.17, 15) is 4.79 Å². The van der Waals surface area contributed by atoms with Gasteiger partial charge in [0.2, 0.25) is 0 Å². The average molecular weight is 469 g/mol. The highest BCUT2D eigenvalue weighted by atomic mass is 35.5. The molecule has 1 saturated heterocycles. The molecule has 5 rings (SSSR count). The fourth-order valence-corrected chi connectivity index (χ4v) is 5.32. The third kappa shape index (κ3) is 4.29. The van der Waals surface area contributed by atoms with Gasteiger partial charge in [0.1, 0.15) is 5.82 Å². The van der Waals surface area contributed by atoms with Crippen LogP contribution in [-0.2, 0) is 0 Å². The van der Waals surface area contributed by atoms with E-state index in [4.69, 9.17) is 23.2 Å². The Hall–Kier alpha value is -2.34. The van der Waals surface area contributed by atoms with Gasteiger partial charge in [-0.1, -0.05) is 41.4 Å². The number of aromatic nitrogens is 1. The molecular weight excluding hydrogens is 443 g/mol. The molecule has 3 aliphatic rings. The molecule has 2 unspecified atom stereocenters. The highest BCUT2D eigenvalue weighted by Crippen LogP contribution is 2.36. The maximum atomic E-state index is 13.0. The Balaban J connectivity index is 1.21. The second-order valence-electron chi connectivity index (χ2n) is 8.52. The van der Waals surface area contributed by atoms with Crippen molar-refractivity contribution in [1.82, 2.24) is 9.88 Å². The zero-order valence-electron chi connectivity index (χ0n) is 17.8. The lowest BCUT2D eigenvalue weighted by atomic mass is 9.83. The number of allylic oxidation sites excluding steroid dienone is 2. The van der Waals surface area contributed by atoms with Crippen LogP contribution in [0.3, 0.4) is 0 Å². The topological polar surface area (TPSA) is 39.7 Å². The molecule has 0 N–H and O–H groups in total. The molecule has 2 atom stereocenters. The summed E-state index contributed by atoms with van der Waals surface area (Å²) in [6.45, 7) is 5.93. The molecule has 0 amide bonds. The van der Waals surface area contributed by atoms with Gasteiger partial charge in [0, 0.05) is 54.7 Å². The van der Waals surface area contributed by atoms with Crippen LogP contribution in [0.4, 0.5) is 11.5 Å². The Morgan fingerprint density at radius 1 is 1.03 bits per heavy atom. The first-order valence-electron chi connectivity index (χ1n) is 11.1. The number of ketones is 1. The summed E-state index contributed by atoms with van der Waals surface area (Å²) in [6, 6.07) is 11.8. The van der Waals surface area contributed by atoms with Crippen molar-refractivity contribution in [2.24, 2.45) is 5.92 Å². The van der Waals surface area contributed by atoms with Crippen LogP contribution in [0.5, 0.6) is 0 Å². The Bertz CT molecular complexity index is 1060. The van der Waals surface area contributed by atoms with Gasteiger partial charge in [-0.2, -0.15) is 0 Å². The number of anilines is 2. The maximum absolute atomic E-state index is 13.0. The third-order valence-electron chi connectivity index (χ3n) is 6.57. The van der Waals surface area contributed by atoms with Crippen LogP contribution in [0.2, 0.25) is 5.02 Å². The van der Waals surface area contributed by atoms with Crippen molar-refractivity contribution in [2.45, 2.75) is 12.5 Å². The lowest BCUT2D eigenvalue weighted by Gasteiger charge is -2.41. The molecule has 0 bridgehead atoms. The van der Waals surface area contributed by atoms with Crippen LogP contribution in [-0.4, -0.2) is 61.0 Å². The summed E-state index contributed by atoms with van der Waals surface area (Å²) in [5.74, 6) is 0.653. The van der Waals surface area contributed by atoms with Gasteiger partial charge in [-0.3, -0.25) is 9.69 Å². The second kappa shape index (κ2) is 9.26. The van der Waals surface area contributed by atoms with Crippen molar-refractivity contribution in [2.75, 3.05) is 49.1 Å². The molecule has 3 heterocycles. The van der Waals surface area contributed by atoms with E-state index in [-0.39, 0.29) is 17.7 Å². The number of Topliss-reactive ketones (excluding diaryl/α,β-unsaturated/α-hetero) is 1. The first kappa shape index (κ1) is 21.5. The van der Waals surface area contributed by atoms with E-state index in [2.05, 4.69) is 25.8 Å². The van der Waals surface area contributed by atoms with Gasteiger partial charge in [0.15, 0.2) is 5.78 Å². The number of nitrogens with zero attached hydrogens (tertiary/aromatic N) is 4. The molecule has 5 nitrogen and oxygen atoms in total. The van der Waals surface area contributed by atoms with Crippen LogP contribution in [0.15, 0.2) is 65.9 Å². The van der Waals surface area contributed by atoms with Crippen molar-refractivity contribution in [3.63, 3.8) is 0 Å². The largest absolute Gasteiger partial charge is 0.369 e. The molecule has 2 aromatic rings. The molecular formula is C25H26Cl2N4O. The zero-order chi connectivity index (χ0) is 22.1. The number of fused-ring (bicyclic) bond motifs is 2. The Kier molecular flexibility index (Phi) is 6.22. The summed E-state index contributed by atoms with van der Waals surface area (Å²) < 4.78 is 0. The quantitative estimate of drug-likeness (QED) is 0.639. The van der Waals surface area contributed by atoms with Gasteiger partial charge >= 0.3 is 0 Å². The van der Waals surface area contributed by atoms with Crippen LogP contribution in [0, 0.1) is 5.92 Å². The number of carbonyl (C=O) groups excluding carboxylic acids is 1. The first-order chi connectivity index (χ1) is 15.6. The van der Waals surface area contributed by atoms with Crippen LogP contribution in [0.25, 0.3) is 0 Å². The molecule has 1 aromatic carbocycles. The molecule has 166 valence electrons. The predicted octanol–water partition coefficient (Wildman–Crippen LogP) is 4.63. The monoisotopic (exact) mass is 468 g/mol. The lowest BCUT2D eigenvalue weighted by molar-refractivity contribution is 0.0926. The summed E-state index contributed by atoms with van der Waals surface area (Å²) in [5.41, 5.74) is 1.89. The number of halogens is 2. The second-order valence-corrected chi connectivity index (χ2v) is 9.39. The van der Waals surface area contributed by atoms with E-state index in [1.54, 1.807) is 6.20 Å². The average Bonchev–Trinajstić information content (AvgIpc) is 2.82. The van der Waals surface area contributed by atoms with Gasteiger partial charge in [-0.05, 0) is 49.4 Å². The van der Waals surface area contributed by atoms with Gasteiger partial charge in [-0.15, -0.1) is 0 Å². The summed E-state index contributed by atoms with van der Waals surface area (Å²) in [5, 5.41) is 1.41. The molecule has 1 aliphatic carbocycles. The number of hydrogen-bond acceptors (Lipinski definition) is 5. The van der Waals surface area contributed by atoms with Crippen molar-refractivity contribution in [3.8, 4) is 0 Å². The number of piperazine rings is 1. The van der Waals surface area contributed by atoms with E-state index < -0.39 is 0 Å². The smallest absolute Gasteiger partial charge is 0.175 e. The number of carbonyl (C=O) groups is 1. The summed E-state index contributed by atoms with van der Waals surface area (Å²) in [4.78, 5) is 24.8. The number of rotatable bonds is 5. The fraction of sp³-hybridized carbons (Fsp3) is 0.360. The van der Waals surface area contributed by atoms with Crippen molar-refractivity contribution in [3.05, 3.63) is 76.4 Å². The minimum absolute atomic E-state index is 0.0212. The van der Waals surface area contributed by atoms with Crippen molar-refractivity contribution < 1.29 is 4.79 Å². The minimum Gasteiger partial charge on any atom is -0.369 e. The van der Waals surface area contributed by atoms with Crippen molar-refractivity contribution in [1.29, 1.82) is 0 Å². The van der Waals surface area contributed by atoms with E-state index >= 15 is 0 Å². The van der Waals surface area contributed by atoms with Gasteiger partial charge in [0.25, 0.3) is 0 Å². The van der Waals surface area contributed by atoms with Gasteiger partial charge < -0.3 is 9.80 Å². The number of pyridine rings is 1. The highest BCUT2D eigenvalue weighted by Gasteiger charge is 2.39. The fourth-order valence-electron chi connectivity index (χ4n) is 4.93. The first-order valence-corrected chi connectivity index (χ1v) is 11.9. The molecule has 7 heteroatoms. The predicted molar refractivity (Wildman–Crippen MR) is 131 cm³/mol. The number of benzene rings is 1. The van der Waals surface area contributed by atoms with Crippen LogP contribution < -0.4 is 9.80 Å². The minimum atomic E-state index is -0.245. The Labute approximate surface area is 198 Å². The number of hydrogen-bond donors (Lipinski definition) is 0. The summed E-state index contributed by atoms with van der Waals surface area (Å²) >= 11 is 12.4. The van der Waals surface area contributed by atoms with Crippen LogP contribution in [0.1, 0.15) is 16.8 Å². The molecule has 2 aliphatic heterocycles.